The lowest BCUT2D eigenvalue weighted by Crippen LogP contribution is -2.28. The van der Waals surface area contributed by atoms with Gasteiger partial charge in [-0.2, -0.15) is 10.2 Å². The Morgan fingerprint density at radius 2 is 1.88 bits per heavy atom. The van der Waals surface area contributed by atoms with Crippen LogP contribution in [0.25, 0.3) is 16.6 Å². The van der Waals surface area contributed by atoms with Crippen molar-refractivity contribution in [1.82, 2.24) is 29.9 Å². The molecule has 0 aliphatic rings. The maximum atomic E-state index is 13.3. The van der Waals surface area contributed by atoms with Crippen LogP contribution in [0.2, 0.25) is 0 Å². The van der Waals surface area contributed by atoms with Crippen molar-refractivity contribution >= 4 is 22.8 Å². The summed E-state index contributed by atoms with van der Waals surface area (Å²) in [6.45, 7) is 3.99. The zero-order valence-corrected chi connectivity index (χ0v) is 18.2. The first-order valence-corrected chi connectivity index (χ1v) is 10.6. The number of benzene rings is 1. The Balaban J connectivity index is 1.55. The number of ether oxygens (including phenoxy) is 1. The Kier molecular flexibility index (Phi) is 6.43. The minimum atomic E-state index is -0.375. The second kappa shape index (κ2) is 9.60. The van der Waals surface area contributed by atoms with Crippen LogP contribution in [0.15, 0.2) is 55.2 Å². The van der Waals surface area contributed by atoms with E-state index < -0.39 is 0 Å². The minimum Gasteiger partial charge on any atom is -0.465 e. The standard InChI is InChI=1S/C23H23FN6O3/c1-3-20(15-9-26-29(13-15)14-22(31)33-4-2)28-23(32)19-10-25-12-21-18(19)11-27-30(21)17-7-5-16(24)6-8-17/h5-13,20H,3-4,14H2,1-2H3,(H,28,32)/t20-/m1/s1. The van der Waals surface area contributed by atoms with E-state index in [0.717, 1.165) is 5.56 Å². The zero-order chi connectivity index (χ0) is 23.4. The number of carbonyl (C=O) groups is 2. The zero-order valence-electron chi connectivity index (χ0n) is 18.2. The first-order chi connectivity index (χ1) is 16.0. The highest BCUT2D eigenvalue weighted by Gasteiger charge is 2.20. The van der Waals surface area contributed by atoms with Gasteiger partial charge in [-0.25, -0.2) is 9.07 Å². The van der Waals surface area contributed by atoms with Gasteiger partial charge in [0.2, 0.25) is 0 Å². The van der Waals surface area contributed by atoms with Crippen molar-refractivity contribution in [1.29, 1.82) is 0 Å². The van der Waals surface area contributed by atoms with Crippen molar-refractivity contribution in [3.05, 3.63) is 72.2 Å². The van der Waals surface area contributed by atoms with E-state index in [1.807, 2.05) is 6.92 Å². The Morgan fingerprint density at radius 3 is 2.61 bits per heavy atom. The molecular weight excluding hydrogens is 427 g/mol. The molecule has 0 aliphatic carbocycles. The Labute approximate surface area is 189 Å². The summed E-state index contributed by atoms with van der Waals surface area (Å²) in [5, 5.41) is 12.2. The van der Waals surface area contributed by atoms with Crippen LogP contribution in [-0.2, 0) is 16.1 Å². The van der Waals surface area contributed by atoms with Crippen molar-refractivity contribution < 1.29 is 18.7 Å². The van der Waals surface area contributed by atoms with Crippen LogP contribution in [0.3, 0.4) is 0 Å². The quantitative estimate of drug-likeness (QED) is 0.414. The maximum absolute atomic E-state index is 13.3. The molecule has 1 N–H and O–H groups in total. The van der Waals surface area contributed by atoms with Gasteiger partial charge >= 0.3 is 5.97 Å². The van der Waals surface area contributed by atoms with Crippen LogP contribution < -0.4 is 5.32 Å². The number of carbonyl (C=O) groups excluding carboxylic acids is 2. The summed E-state index contributed by atoms with van der Waals surface area (Å²) in [7, 11) is 0. The van der Waals surface area contributed by atoms with Gasteiger partial charge in [-0.05, 0) is 37.6 Å². The highest BCUT2D eigenvalue weighted by molar-refractivity contribution is 6.06. The van der Waals surface area contributed by atoms with E-state index >= 15 is 0 Å². The van der Waals surface area contributed by atoms with Crippen LogP contribution in [0.4, 0.5) is 4.39 Å². The molecule has 33 heavy (non-hydrogen) atoms. The predicted molar refractivity (Wildman–Crippen MR) is 118 cm³/mol. The highest BCUT2D eigenvalue weighted by atomic mass is 19.1. The summed E-state index contributed by atoms with van der Waals surface area (Å²) < 4.78 is 21.3. The average Bonchev–Trinajstić information content (AvgIpc) is 3.45. The third-order valence-electron chi connectivity index (χ3n) is 5.18. The van der Waals surface area contributed by atoms with E-state index in [-0.39, 0.29) is 30.3 Å². The minimum absolute atomic E-state index is 0.00399. The van der Waals surface area contributed by atoms with E-state index in [0.29, 0.717) is 35.2 Å². The van der Waals surface area contributed by atoms with Crippen molar-refractivity contribution in [3.8, 4) is 5.69 Å². The third-order valence-corrected chi connectivity index (χ3v) is 5.18. The van der Waals surface area contributed by atoms with Crippen molar-refractivity contribution in [2.24, 2.45) is 0 Å². The summed E-state index contributed by atoms with van der Waals surface area (Å²) in [4.78, 5) is 29.0. The SMILES string of the molecule is CCOC(=O)Cn1cc([C@@H](CC)NC(=O)c2cncc3c2cnn3-c2ccc(F)cc2)cn1. The van der Waals surface area contributed by atoms with Crippen LogP contribution >= 0.6 is 0 Å². The molecule has 4 aromatic rings. The lowest BCUT2D eigenvalue weighted by Gasteiger charge is -2.15. The number of pyridine rings is 1. The molecule has 9 nitrogen and oxygen atoms in total. The van der Waals surface area contributed by atoms with E-state index in [1.165, 1.54) is 23.0 Å². The number of halogens is 1. The van der Waals surface area contributed by atoms with Gasteiger partial charge in [0.25, 0.3) is 5.91 Å². The molecule has 1 aromatic carbocycles. The summed E-state index contributed by atoms with van der Waals surface area (Å²) in [6.07, 6.45) is 8.66. The fourth-order valence-electron chi connectivity index (χ4n) is 3.55. The molecule has 3 aromatic heterocycles. The maximum Gasteiger partial charge on any atom is 0.327 e. The van der Waals surface area contributed by atoms with Crippen molar-refractivity contribution in [2.75, 3.05) is 6.61 Å². The summed E-state index contributed by atoms with van der Waals surface area (Å²) in [5.41, 5.74) is 2.44. The molecule has 0 saturated heterocycles. The molecule has 3 heterocycles. The molecule has 0 radical (unpaired) electrons. The molecule has 0 bridgehead atoms. The molecule has 10 heteroatoms. The number of hydrogen-bond acceptors (Lipinski definition) is 6. The molecular formula is C23H23FN6O3. The second-order valence-electron chi connectivity index (χ2n) is 7.36. The normalized spacial score (nSPS) is 12.0. The number of aromatic nitrogens is 5. The number of fused-ring (bicyclic) bond motifs is 1. The fourth-order valence-corrected chi connectivity index (χ4v) is 3.55. The molecule has 1 amide bonds. The van der Waals surface area contributed by atoms with Crippen LogP contribution in [0.5, 0.6) is 0 Å². The van der Waals surface area contributed by atoms with E-state index in [4.69, 9.17) is 4.74 Å². The van der Waals surface area contributed by atoms with Gasteiger partial charge < -0.3 is 10.1 Å². The van der Waals surface area contributed by atoms with E-state index in [1.54, 1.807) is 48.5 Å². The molecule has 0 spiro atoms. The number of esters is 1. The fraction of sp³-hybridized carbons (Fsp3) is 0.261. The largest absolute Gasteiger partial charge is 0.465 e. The Bertz CT molecular complexity index is 1280. The number of hydrogen-bond donors (Lipinski definition) is 1. The van der Waals surface area contributed by atoms with Crippen LogP contribution in [-0.4, -0.2) is 43.0 Å². The Morgan fingerprint density at radius 1 is 1.09 bits per heavy atom. The van der Waals surface area contributed by atoms with Crippen molar-refractivity contribution in [2.45, 2.75) is 32.9 Å². The van der Waals surface area contributed by atoms with Gasteiger partial charge in [-0.1, -0.05) is 6.92 Å². The van der Waals surface area contributed by atoms with Gasteiger partial charge in [-0.3, -0.25) is 19.3 Å². The lowest BCUT2D eigenvalue weighted by atomic mass is 10.1. The van der Waals surface area contributed by atoms with E-state index in [9.17, 15) is 14.0 Å². The molecule has 0 saturated carbocycles. The molecule has 1 atom stereocenters. The van der Waals surface area contributed by atoms with E-state index in [2.05, 4.69) is 20.5 Å². The first-order valence-electron chi connectivity index (χ1n) is 10.6. The van der Waals surface area contributed by atoms with Gasteiger partial charge in [0.05, 0.1) is 48.0 Å². The molecule has 170 valence electrons. The molecule has 4 rings (SSSR count). The van der Waals surface area contributed by atoms with Gasteiger partial charge in [0.1, 0.15) is 12.4 Å². The Hall–Kier alpha value is -4.08. The topological polar surface area (TPSA) is 104 Å². The lowest BCUT2D eigenvalue weighted by molar-refractivity contribution is -0.144. The van der Waals surface area contributed by atoms with Crippen molar-refractivity contribution in [3.63, 3.8) is 0 Å². The summed E-state index contributed by atoms with van der Waals surface area (Å²) in [6, 6.07) is 5.60. The van der Waals surface area contributed by atoms with Gasteiger partial charge in [0, 0.05) is 23.3 Å². The van der Waals surface area contributed by atoms with Crippen LogP contribution in [0, 0.1) is 5.82 Å². The van der Waals surface area contributed by atoms with Crippen LogP contribution in [0.1, 0.15) is 42.2 Å². The third kappa shape index (κ3) is 4.74. The molecule has 0 aliphatic heterocycles. The number of nitrogens with one attached hydrogen (secondary N) is 1. The average molecular weight is 450 g/mol. The number of amides is 1. The monoisotopic (exact) mass is 450 g/mol. The summed E-state index contributed by atoms with van der Waals surface area (Å²) >= 11 is 0. The predicted octanol–water partition coefficient (Wildman–Crippen LogP) is 3.20. The van der Waals surface area contributed by atoms with Gasteiger partial charge in [-0.15, -0.1) is 0 Å². The molecule has 0 unspecified atom stereocenters. The smallest absolute Gasteiger partial charge is 0.327 e. The second-order valence-corrected chi connectivity index (χ2v) is 7.36. The first kappa shape index (κ1) is 22.1. The van der Waals surface area contributed by atoms with Gasteiger partial charge in [0.15, 0.2) is 0 Å². The summed E-state index contributed by atoms with van der Waals surface area (Å²) in [5.74, 6) is -1.03. The highest BCUT2D eigenvalue weighted by Crippen LogP contribution is 2.23. The molecule has 0 fully saturated rings. The number of nitrogens with zero attached hydrogens (tertiary/aromatic N) is 5. The number of rotatable bonds is 8.